The third-order valence-corrected chi connectivity index (χ3v) is 3.32. The highest BCUT2D eigenvalue weighted by Gasteiger charge is 2.19. The molecule has 0 aliphatic carbocycles. The Labute approximate surface area is 119 Å². The van der Waals surface area contributed by atoms with Gasteiger partial charge in [0.15, 0.2) is 5.82 Å². The van der Waals surface area contributed by atoms with Crippen molar-refractivity contribution in [3.8, 4) is 0 Å². The molecule has 0 amide bonds. The van der Waals surface area contributed by atoms with Crippen LogP contribution in [0, 0.1) is 12.7 Å². The van der Waals surface area contributed by atoms with Crippen molar-refractivity contribution in [2.24, 2.45) is 0 Å². The molecule has 1 aromatic carbocycles. The van der Waals surface area contributed by atoms with Crippen molar-refractivity contribution in [2.75, 3.05) is 17.7 Å². The normalized spacial score (nSPS) is 11.1. The van der Waals surface area contributed by atoms with Crippen LogP contribution in [0.4, 0.5) is 15.9 Å². The van der Waals surface area contributed by atoms with Gasteiger partial charge in [-0.2, -0.15) is 5.10 Å². The predicted octanol–water partition coefficient (Wildman–Crippen LogP) is 3.13. The van der Waals surface area contributed by atoms with Crippen LogP contribution in [0.15, 0.2) is 24.3 Å². The van der Waals surface area contributed by atoms with Crippen LogP contribution in [0.5, 0.6) is 0 Å². The average Bonchev–Trinajstić information content (AvgIpc) is 2.69. The van der Waals surface area contributed by atoms with Crippen LogP contribution in [0.3, 0.4) is 0 Å². The molecule has 2 N–H and O–H groups in total. The molecule has 0 radical (unpaired) electrons. The Kier molecular flexibility index (Phi) is 3.97. The minimum absolute atomic E-state index is 0.198. The van der Waals surface area contributed by atoms with E-state index in [-0.39, 0.29) is 11.9 Å². The van der Waals surface area contributed by atoms with Crippen molar-refractivity contribution in [3.63, 3.8) is 0 Å². The summed E-state index contributed by atoms with van der Waals surface area (Å²) in [5.74, 6) is 0.631. The molecule has 0 saturated carbocycles. The van der Waals surface area contributed by atoms with E-state index in [0.29, 0.717) is 17.8 Å². The molecule has 0 aliphatic rings. The van der Waals surface area contributed by atoms with Crippen LogP contribution < -0.4 is 10.6 Å². The fraction of sp³-hybridized carbons (Fsp3) is 0.400. The van der Waals surface area contributed by atoms with Crippen LogP contribution in [0.2, 0.25) is 0 Å². The number of hydrogen-bond donors (Lipinski definition) is 1. The van der Waals surface area contributed by atoms with Crippen LogP contribution >= 0.6 is 0 Å². The lowest BCUT2D eigenvalue weighted by Gasteiger charge is -2.23. The molecule has 2 rings (SSSR count). The lowest BCUT2D eigenvalue weighted by atomic mass is 10.2. The third-order valence-electron chi connectivity index (χ3n) is 3.32. The van der Waals surface area contributed by atoms with Gasteiger partial charge in [0.05, 0.1) is 11.4 Å². The number of rotatable bonds is 4. The molecule has 1 aromatic heterocycles. The quantitative estimate of drug-likeness (QED) is 0.933. The van der Waals surface area contributed by atoms with Gasteiger partial charge in [-0.05, 0) is 26.8 Å². The maximum atomic E-state index is 13.8. The van der Waals surface area contributed by atoms with Gasteiger partial charge < -0.3 is 10.6 Å². The predicted molar refractivity (Wildman–Crippen MR) is 80.3 cm³/mol. The lowest BCUT2D eigenvalue weighted by Crippen LogP contribution is -2.22. The van der Waals surface area contributed by atoms with Crippen LogP contribution in [0.1, 0.15) is 31.1 Å². The highest BCUT2D eigenvalue weighted by molar-refractivity contribution is 5.66. The molecule has 0 unspecified atom stereocenters. The summed E-state index contributed by atoms with van der Waals surface area (Å²) in [5.41, 5.74) is 8.21. The van der Waals surface area contributed by atoms with Crippen molar-refractivity contribution in [1.82, 2.24) is 9.78 Å². The molecule has 2 aromatic rings. The van der Waals surface area contributed by atoms with Crippen LogP contribution in [0.25, 0.3) is 0 Å². The van der Waals surface area contributed by atoms with E-state index in [1.807, 2.05) is 43.5 Å². The summed E-state index contributed by atoms with van der Waals surface area (Å²) in [6.07, 6.45) is 0. The summed E-state index contributed by atoms with van der Waals surface area (Å²) in [6.45, 7) is 6.43. The highest BCUT2D eigenvalue weighted by atomic mass is 19.1. The SMILES string of the molecule is Cc1nn(C(C)C)c(N(C)Cc2ccccc2F)c1N. The van der Waals surface area contributed by atoms with Gasteiger partial charge in [0, 0.05) is 25.2 Å². The molecule has 108 valence electrons. The Morgan fingerprint density at radius 3 is 2.60 bits per heavy atom. The zero-order valence-electron chi connectivity index (χ0n) is 12.4. The number of aryl methyl sites for hydroxylation is 1. The standard InChI is InChI=1S/C15H21FN4/c1-10(2)20-15(14(17)11(3)18-20)19(4)9-12-7-5-6-8-13(12)16/h5-8,10H,9,17H2,1-4H3. The zero-order valence-corrected chi connectivity index (χ0v) is 12.4. The molecule has 0 aliphatic heterocycles. The second-order valence-corrected chi connectivity index (χ2v) is 5.31. The summed E-state index contributed by atoms with van der Waals surface area (Å²) in [4.78, 5) is 1.94. The first-order chi connectivity index (χ1) is 9.41. The van der Waals surface area contributed by atoms with Crippen LogP contribution in [-0.4, -0.2) is 16.8 Å². The number of nitrogen functional groups attached to an aromatic ring is 1. The fourth-order valence-electron chi connectivity index (χ4n) is 2.25. The van der Waals surface area contributed by atoms with E-state index in [2.05, 4.69) is 5.10 Å². The Balaban J connectivity index is 2.34. The molecule has 1 heterocycles. The van der Waals surface area contributed by atoms with Gasteiger partial charge in [-0.15, -0.1) is 0 Å². The molecule has 0 fully saturated rings. The summed E-state index contributed by atoms with van der Waals surface area (Å²) in [6, 6.07) is 6.97. The first-order valence-electron chi connectivity index (χ1n) is 6.71. The van der Waals surface area contributed by atoms with E-state index in [1.165, 1.54) is 6.07 Å². The summed E-state index contributed by atoms with van der Waals surface area (Å²) in [7, 11) is 1.90. The van der Waals surface area contributed by atoms with Gasteiger partial charge >= 0.3 is 0 Å². The topological polar surface area (TPSA) is 47.1 Å². The number of nitrogens with two attached hydrogens (primary N) is 1. The zero-order chi connectivity index (χ0) is 14.9. The van der Waals surface area contributed by atoms with Gasteiger partial charge in [-0.25, -0.2) is 9.07 Å². The Morgan fingerprint density at radius 2 is 2.00 bits per heavy atom. The summed E-state index contributed by atoms with van der Waals surface area (Å²) < 4.78 is 15.6. The largest absolute Gasteiger partial charge is 0.394 e. The van der Waals surface area contributed by atoms with Gasteiger partial charge in [0.1, 0.15) is 5.82 Å². The first kappa shape index (κ1) is 14.4. The van der Waals surface area contributed by atoms with Crippen molar-refractivity contribution in [3.05, 3.63) is 41.3 Å². The summed E-state index contributed by atoms with van der Waals surface area (Å²) >= 11 is 0. The number of anilines is 2. The number of benzene rings is 1. The maximum Gasteiger partial charge on any atom is 0.150 e. The molecule has 20 heavy (non-hydrogen) atoms. The molecular weight excluding hydrogens is 255 g/mol. The molecule has 0 saturated heterocycles. The third kappa shape index (κ3) is 2.61. The molecule has 4 nitrogen and oxygen atoms in total. The Hall–Kier alpha value is -2.04. The molecule has 0 atom stereocenters. The lowest BCUT2D eigenvalue weighted by molar-refractivity contribution is 0.524. The number of hydrogen-bond acceptors (Lipinski definition) is 3. The van der Waals surface area contributed by atoms with Crippen LogP contribution in [-0.2, 0) is 6.54 Å². The molecule has 0 bridgehead atoms. The first-order valence-corrected chi connectivity index (χ1v) is 6.71. The van der Waals surface area contributed by atoms with E-state index in [0.717, 1.165) is 11.5 Å². The van der Waals surface area contributed by atoms with E-state index in [1.54, 1.807) is 12.1 Å². The van der Waals surface area contributed by atoms with E-state index in [9.17, 15) is 4.39 Å². The van der Waals surface area contributed by atoms with Gasteiger partial charge in [-0.3, -0.25) is 0 Å². The minimum atomic E-state index is -0.203. The van der Waals surface area contributed by atoms with Gasteiger partial charge in [-0.1, -0.05) is 18.2 Å². The molecular formula is C15H21FN4. The van der Waals surface area contributed by atoms with Gasteiger partial charge in [0.25, 0.3) is 0 Å². The van der Waals surface area contributed by atoms with Crippen molar-refractivity contribution >= 4 is 11.5 Å². The highest BCUT2D eigenvalue weighted by Crippen LogP contribution is 2.29. The Morgan fingerprint density at radius 1 is 1.35 bits per heavy atom. The second-order valence-electron chi connectivity index (χ2n) is 5.31. The monoisotopic (exact) mass is 276 g/mol. The van der Waals surface area contributed by atoms with E-state index >= 15 is 0 Å². The smallest absolute Gasteiger partial charge is 0.150 e. The maximum absolute atomic E-state index is 13.8. The number of aromatic nitrogens is 2. The van der Waals surface area contributed by atoms with E-state index in [4.69, 9.17) is 5.73 Å². The van der Waals surface area contributed by atoms with E-state index < -0.39 is 0 Å². The fourth-order valence-corrected chi connectivity index (χ4v) is 2.25. The number of halogens is 1. The second kappa shape index (κ2) is 5.53. The average molecular weight is 276 g/mol. The van der Waals surface area contributed by atoms with Gasteiger partial charge in [0.2, 0.25) is 0 Å². The van der Waals surface area contributed by atoms with Crippen molar-refractivity contribution in [2.45, 2.75) is 33.4 Å². The van der Waals surface area contributed by atoms with Crippen molar-refractivity contribution < 1.29 is 4.39 Å². The molecule has 0 spiro atoms. The molecule has 5 heteroatoms. The Bertz CT molecular complexity index is 604. The minimum Gasteiger partial charge on any atom is -0.394 e. The number of nitrogens with zero attached hydrogens (tertiary/aromatic N) is 3. The van der Waals surface area contributed by atoms with Crippen molar-refractivity contribution in [1.29, 1.82) is 0 Å². The summed E-state index contributed by atoms with van der Waals surface area (Å²) in [5, 5.41) is 4.45.